The van der Waals surface area contributed by atoms with Gasteiger partial charge in [0.2, 0.25) is 0 Å². The fraction of sp³-hybridized carbons (Fsp3) is 0.222. The number of aliphatic hydroxyl groups is 1. The molecule has 2 unspecified atom stereocenters. The zero-order chi connectivity index (χ0) is 18.6. The standard InChI is InChI=1S/C18H18ClNO5/c19-13-4-5-14(15(8-13)12(9-20)7-16(21)22)17(23)10-2-1-3-11(6-10)18(24)25/h1-6,8,12,17,23H,7,9,20H2,(H,21,22)(H,24,25). The number of rotatable bonds is 7. The third-order valence-electron chi connectivity index (χ3n) is 3.94. The molecule has 2 rings (SSSR count). The number of nitrogens with two attached hydrogens (primary N) is 1. The van der Waals surface area contributed by atoms with Crippen molar-refractivity contribution in [2.24, 2.45) is 5.73 Å². The van der Waals surface area contributed by atoms with Crippen molar-refractivity contribution < 1.29 is 24.9 Å². The zero-order valence-corrected chi connectivity index (χ0v) is 14.0. The average Bonchev–Trinajstić information content (AvgIpc) is 2.59. The minimum atomic E-state index is -1.13. The topological polar surface area (TPSA) is 121 Å². The van der Waals surface area contributed by atoms with Crippen molar-refractivity contribution in [3.63, 3.8) is 0 Å². The Balaban J connectivity index is 2.49. The summed E-state index contributed by atoms with van der Waals surface area (Å²) in [5.41, 5.74) is 7.12. The van der Waals surface area contributed by atoms with Crippen molar-refractivity contribution >= 4 is 23.5 Å². The molecule has 0 radical (unpaired) electrons. The van der Waals surface area contributed by atoms with E-state index < -0.39 is 24.0 Å². The summed E-state index contributed by atoms with van der Waals surface area (Å²) < 4.78 is 0. The molecule has 2 aromatic carbocycles. The van der Waals surface area contributed by atoms with Crippen molar-refractivity contribution in [3.05, 3.63) is 69.7 Å². The molecule has 0 heterocycles. The third-order valence-corrected chi connectivity index (χ3v) is 4.17. The van der Waals surface area contributed by atoms with Crippen molar-refractivity contribution in [1.82, 2.24) is 0 Å². The second-order valence-corrected chi connectivity index (χ2v) is 6.07. The minimum absolute atomic E-state index is 0.0491. The molecule has 2 atom stereocenters. The van der Waals surface area contributed by atoms with Gasteiger partial charge in [-0.05, 0) is 47.5 Å². The molecule has 6 nitrogen and oxygen atoms in total. The Morgan fingerprint density at radius 1 is 1.08 bits per heavy atom. The maximum absolute atomic E-state index is 11.1. The molecule has 25 heavy (non-hydrogen) atoms. The first kappa shape index (κ1) is 18.9. The Labute approximate surface area is 149 Å². The molecule has 0 aliphatic rings. The summed E-state index contributed by atoms with van der Waals surface area (Å²) in [5, 5.41) is 29.3. The summed E-state index contributed by atoms with van der Waals surface area (Å²) in [5.74, 6) is -2.64. The highest BCUT2D eigenvalue weighted by molar-refractivity contribution is 6.30. The third kappa shape index (κ3) is 4.57. The smallest absolute Gasteiger partial charge is 0.335 e. The van der Waals surface area contributed by atoms with Crippen LogP contribution < -0.4 is 5.73 Å². The van der Waals surface area contributed by atoms with Gasteiger partial charge in [-0.1, -0.05) is 29.8 Å². The normalized spacial score (nSPS) is 13.2. The van der Waals surface area contributed by atoms with Gasteiger partial charge in [-0.2, -0.15) is 0 Å². The second kappa shape index (κ2) is 8.11. The van der Waals surface area contributed by atoms with Crippen LogP contribution in [0.4, 0.5) is 0 Å². The summed E-state index contributed by atoms with van der Waals surface area (Å²) in [6.07, 6.45) is -1.33. The lowest BCUT2D eigenvalue weighted by atomic mass is 9.87. The predicted molar refractivity (Wildman–Crippen MR) is 93.0 cm³/mol. The number of carbonyl (C=O) groups is 2. The van der Waals surface area contributed by atoms with E-state index >= 15 is 0 Å². The number of aromatic carboxylic acids is 1. The van der Waals surface area contributed by atoms with Gasteiger partial charge < -0.3 is 21.1 Å². The van der Waals surface area contributed by atoms with Crippen LogP contribution in [0, 0.1) is 0 Å². The lowest BCUT2D eigenvalue weighted by Crippen LogP contribution is -2.19. The first-order valence-corrected chi connectivity index (χ1v) is 7.93. The number of carboxylic acid groups (broad SMARTS) is 2. The van der Waals surface area contributed by atoms with Gasteiger partial charge in [-0.15, -0.1) is 0 Å². The maximum Gasteiger partial charge on any atom is 0.335 e. The molecule has 0 aromatic heterocycles. The van der Waals surface area contributed by atoms with E-state index in [0.29, 0.717) is 21.7 Å². The molecular formula is C18H18ClNO5. The molecule has 0 saturated carbocycles. The molecule has 0 bridgehead atoms. The van der Waals surface area contributed by atoms with Crippen LogP contribution in [0.2, 0.25) is 5.02 Å². The van der Waals surface area contributed by atoms with E-state index in [-0.39, 0.29) is 18.5 Å². The molecule has 0 fully saturated rings. The van der Waals surface area contributed by atoms with E-state index in [9.17, 15) is 14.7 Å². The van der Waals surface area contributed by atoms with Gasteiger partial charge in [0.15, 0.2) is 0 Å². The summed E-state index contributed by atoms with van der Waals surface area (Å²) >= 11 is 6.02. The first-order valence-electron chi connectivity index (χ1n) is 7.56. The van der Waals surface area contributed by atoms with Crippen LogP contribution >= 0.6 is 11.6 Å². The summed E-state index contributed by atoms with van der Waals surface area (Å²) in [7, 11) is 0. The monoisotopic (exact) mass is 363 g/mol. The highest BCUT2D eigenvalue weighted by atomic mass is 35.5. The van der Waals surface area contributed by atoms with E-state index in [2.05, 4.69) is 0 Å². The van der Waals surface area contributed by atoms with Gasteiger partial charge in [-0.25, -0.2) is 4.79 Å². The van der Waals surface area contributed by atoms with Crippen molar-refractivity contribution in [2.75, 3.05) is 6.54 Å². The predicted octanol–water partition coefficient (Wildman–Crippen LogP) is 2.64. The lowest BCUT2D eigenvalue weighted by molar-refractivity contribution is -0.137. The van der Waals surface area contributed by atoms with Gasteiger partial charge in [0.25, 0.3) is 0 Å². The SMILES string of the molecule is NCC(CC(=O)O)c1cc(Cl)ccc1C(O)c1cccc(C(=O)O)c1. The fourth-order valence-electron chi connectivity index (χ4n) is 2.70. The van der Waals surface area contributed by atoms with E-state index in [1.807, 2.05) is 0 Å². The number of halogens is 1. The molecule has 0 aliphatic carbocycles. The number of benzene rings is 2. The number of aliphatic carboxylic acids is 1. The van der Waals surface area contributed by atoms with Gasteiger partial charge >= 0.3 is 11.9 Å². The zero-order valence-electron chi connectivity index (χ0n) is 13.2. The molecule has 5 N–H and O–H groups in total. The van der Waals surface area contributed by atoms with Crippen LogP contribution in [-0.2, 0) is 4.79 Å². The Kier molecular flexibility index (Phi) is 6.14. The van der Waals surface area contributed by atoms with Crippen LogP contribution in [0.15, 0.2) is 42.5 Å². The molecule has 7 heteroatoms. The minimum Gasteiger partial charge on any atom is -0.481 e. The first-order chi connectivity index (χ1) is 11.8. The fourth-order valence-corrected chi connectivity index (χ4v) is 2.88. The largest absolute Gasteiger partial charge is 0.481 e. The Morgan fingerprint density at radius 2 is 1.80 bits per heavy atom. The summed E-state index contributed by atoms with van der Waals surface area (Å²) in [6.45, 7) is 0.0710. The average molecular weight is 364 g/mol. The molecule has 132 valence electrons. The van der Waals surface area contributed by atoms with Crippen LogP contribution in [-0.4, -0.2) is 33.8 Å². The number of aliphatic hydroxyl groups excluding tert-OH is 1. The number of hydrogen-bond acceptors (Lipinski definition) is 4. The van der Waals surface area contributed by atoms with E-state index in [0.717, 1.165) is 0 Å². The van der Waals surface area contributed by atoms with Crippen LogP contribution in [0.1, 0.15) is 45.5 Å². The number of carboxylic acids is 2. The molecule has 2 aromatic rings. The van der Waals surface area contributed by atoms with Gasteiger partial charge in [0, 0.05) is 10.9 Å². The lowest BCUT2D eigenvalue weighted by Gasteiger charge is -2.21. The molecular weight excluding hydrogens is 346 g/mol. The van der Waals surface area contributed by atoms with Crippen molar-refractivity contribution in [1.29, 1.82) is 0 Å². The van der Waals surface area contributed by atoms with E-state index in [4.69, 9.17) is 27.5 Å². The van der Waals surface area contributed by atoms with Crippen LogP contribution in [0.25, 0.3) is 0 Å². The van der Waals surface area contributed by atoms with E-state index in [1.165, 1.54) is 18.2 Å². The quantitative estimate of drug-likeness (QED) is 0.600. The Hall–Kier alpha value is -2.41. The molecule has 0 saturated heterocycles. The maximum atomic E-state index is 11.1. The van der Waals surface area contributed by atoms with Gasteiger partial charge in [0.05, 0.1) is 12.0 Å². The van der Waals surface area contributed by atoms with Gasteiger partial charge in [-0.3, -0.25) is 4.79 Å². The molecule has 0 amide bonds. The number of hydrogen-bond donors (Lipinski definition) is 4. The Morgan fingerprint density at radius 3 is 2.40 bits per heavy atom. The molecule has 0 spiro atoms. The molecule has 0 aliphatic heterocycles. The van der Waals surface area contributed by atoms with Crippen molar-refractivity contribution in [3.8, 4) is 0 Å². The highest BCUT2D eigenvalue weighted by Crippen LogP contribution is 2.33. The van der Waals surface area contributed by atoms with Crippen LogP contribution in [0.3, 0.4) is 0 Å². The summed E-state index contributed by atoms with van der Waals surface area (Å²) in [6, 6.07) is 10.7. The highest BCUT2D eigenvalue weighted by Gasteiger charge is 2.23. The van der Waals surface area contributed by atoms with Gasteiger partial charge in [0.1, 0.15) is 6.10 Å². The summed E-state index contributed by atoms with van der Waals surface area (Å²) in [4.78, 5) is 22.2. The second-order valence-electron chi connectivity index (χ2n) is 5.64. The van der Waals surface area contributed by atoms with E-state index in [1.54, 1.807) is 24.3 Å². The van der Waals surface area contributed by atoms with Crippen molar-refractivity contribution in [2.45, 2.75) is 18.4 Å². The van der Waals surface area contributed by atoms with Crippen LogP contribution in [0.5, 0.6) is 0 Å². The Bertz CT molecular complexity index is 793.